The molecule has 6 nitrogen and oxygen atoms in total. The van der Waals surface area contributed by atoms with Crippen molar-refractivity contribution in [2.75, 3.05) is 26.9 Å². The monoisotopic (exact) mass is 479 g/mol. The molecule has 2 aromatic carbocycles. The van der Waals surface area contributed by atoms with Crippen LogP contribution in [0.15, 0.2) is 48.0 Å². The van der Waals surface area contributed by atoms with Gasteiger partial charge in [0, 0.05) is 19.2 Å². The molecule has 0 aromatic heterocycles. The molecular formula is C29H37NO5. The summed E-state index contributed by atoms with van der Waals surface area (Å²) in [5, 5.41) is 11.5. The van der Waals surface area contributed by atoms with Crippen LogP contribution in [0.2, 0.25) is 0 Å². The highest BCUT2D eigenvalue weighted by molar-refractivity contribution is 6.46. The Bertz CT molecular complexity index is 1100. The third kappa shape index (κ3) is 5.76. The first-order valence-corrected chi connectivity index (χ1v) is 12.2. The molecule has 188 valence electrons. The van der Waals surface area contributed by atoms with Crippen molar-refractivity contribution in [2.45, 2.75) is 58.9 Å². The third-order valence-electron chi connectivity index (χ3n) is 6.40. The van der Waals surface area contributed by atoms with E-state index in [1.54, 1.807) is 7.11 Å². The average Bonchev–Trinajstić information content (AvgIpc) is 3.07. The van der Waals surface area contributed by atoms with E-state index in [2.05, 4.69) is 27.7 Å². The summed E-state index contributed by atoms with van der Waals surface area (Å²) >= 11 is 0. The molecule has 1 unspecified atom stereocenters. The van der Waals surface area contributed by atoms with Crippen molar-refractivity contribution in [3.8, 4) is 5.75 Å². The molecule has 1 fully saturated rings. The topological polar surface area (TPSA) is 76.1 Å². The van der Waals surface area contributed by atoms with E-state index < -0.39 is 17.7 Å². The Morgan fingerprint density at radius 3 is 2.34 bits per heavy atom. The van der Waals surface area contributed by atoms with Gasteiger partial charge in [0.05, 0.1) is 24.8 Å². The van der Waals surface area contributed by atoms with Crippen molar-refractivity contribution < 1.29 is 24.2 Å². The van der Waals surface area contributed by atoms with E-state index in [-0.39, 0.29) is 29.9 Å². The molecule has 1 heterocycles. The van der Waals surface area contributed by atoms with Gasteiger partial charge in [0.1, 0.15) is 11.5 Å². The number of likely N-dealkylation sites (tertiary alicyclic amines) is 1. The highest BCUT2D eigenvalue weighted by atomic mass is 16.5. The lowest BCUT2D eigenvalue weighted by Crippen LogP contribution is -2.32. The quantitative estimate of drug-likeness (QED) is 0.221. The first-order valence-electron chi connectivity index (χ1n) is 12.2. The minimum Gasteiger partial charge on any atom is -0.507 e. The summed E-state index contributed by atoms with van der Waals surface area (Å²) in [5.41, 5.74) is 3.11. The van der Waals surface area contributed by atoms with Crippen molar-refractivity contribution in [3.05, 3.63) is 70.3 Å². The van der Waals surface area contributed by atoms with Gasteiger partial charge in [-0.3, -0.25) is 9.59 Å². The highest BCUT2D eigenvalue weighted by Crippen LogP contribution is 2.40. The summed E-state index contributed by atoms with van der Waals surface area (Å²) < 4.78 is 11.0. The normalized spacial score (nSPS) is 17.8. The number of unbranched alkanes of at least 4 members (excludes halogenated alkanes) is 1. The van der Waals surface area contributed by atoms with Crippen LogP contribution in [-0.2, 0) is 19.7 Å². The summed E-state index contributed by atoms with van der Waals surface area (Å²) in [5.74, 6) is -0.751. The van der Waals surface area contributed by atoms with Crippen molar-refractivity contribution in [1.82, 2.24) is 4.90 Å². The molecule has 1 saturated heterocycles. The summed E-state index contributed by atoms with van der Waals surface area (Å²) in [7, 11) is 1.55. The number of nitrogens with zero attached hydrogens (tertiary/aromatic N) is 1. The lowest BCUT2D eigenvalue weighted by atomic mass is 9.84. The second kappa shape index (κ2) is 11.1. The number of methoxy groups -OCH3 is 1. The number of rotatable bonds is 9. The molecule has 1 aliphatic rings. The Hall–Kier alpha value is -3.12. The van der Waals surface area contributed by atoms with Gasteiger partial charge >= 0.3 is 0 Å². The number of aliphatic hydroxyl groups excluding tert-OH is 1. The molecule has 6 heteroatoms. The third-order valence-corrected chi connectivity index (χ3v) is 6.40. The minimum atomic E-state index is -0.715. The molecule has 0 radical (unpaired) electrons. The Morgan fingerprint density at radius 1 is 1.06 bits per heavy atom. The lowest BCUT2D eigenvalue weighted by Gasteiger charge is -2.26. The van der Waals surface area contributed by atoms with E-state index in [0.717, 1.165) is 35.3 Å². The number of ether oxygens (including phenoxy) is 2. The molecule has 3 rings (SSSR count). The van der Waals surface area contributed by atoms with Gasteiger partial charge in [0.25, 0.3) is 11.7 Å². The van der Waals surface area contributed by atoms with Crippen LogP contribution in [0, 0.1) is 6.92 Å². The summed E-state index contributed by atoms with van der Waals surface area (Å²) in [6, 6.07) is 12.5. The maximum atomic E-state index is 13.2. The molecule has 0 aliphatic carbocycles. The molecule has 1 atom stereocenters. The average molecular weight is 480 g/mol. The molecule has 0 saturated carbocycles. The first-order chi connectivity index (χ1) is 16.6. The van der Waals surface area contributed by atoms with Crippen LogP contribution in [0.5, 0.6) is 5.75 Å². The number of aliphatic hydroxyl groups is 1. The largest absolute Gasteiger partial charge is 0.507 e. The smallest absolute Gasteiger partial charge is 0.295 e. The predicted octanol–water partition coefficient (Wildman–Crippen LogP) is 5.54. The van der Waals surface area contributed by atoms with E-state index in [9.17, 15) is 14.7 Å². The maximum Gasteiger partial charge on any atom is 0.295 e. The van der Waals surface area contributed by atoms with Crippen molar-refractivity contribution >= 4 is 17.4 Å². The van der Waals surface area contributed by atoms with Gasteiger partial charge < -0.3 is 19.5 Å². The van der Waals surface area contributed by atoms with Crippen LogP contribution in [0.4, 0.5) is 0 Å². The number of Topliss-reactive ketones (excluding diaryl/α,β-unsaturated/α-hetero) is 1. The predicted molar refractivity (Wildman–Crippen MR) is 138 cm³/mol. The molecule has 1 N–H and O–H groups in total. The van der Waals surface area contributed by atoms with Gasteiger partial charge in [-0.2, -0.15) is 0 Å². The molecule has 35 heavy (non-hydrogen) atoms. The van der Waals surface area contributed by atoms with Crippen molar-refractivity contribution in [3.63, 3.8) is 0 Å². The SMILES string of the molecule is CCCCOc1ccc(C2/C(=C(\O)c3cc(C(C)(C)C)ccc3C)C(=O)C(=O)N2CCOC)cc1. The standard InChI is InChI=1S/C29H37NO5/c1-7-8-16-35-22-13-10-20(11-14-22)25-24(27(32)28(33)30(25)15-17-34-6)26(31)23-18-21(29(3,4)5)12-9-19(23)2/h9-14,18,25,31H,7-8,15-17H2,1-6H3/b26-24+. The van der Waals surface area contributed by atoms with Crippen LogP contribution in [-0.4, -0.2) is 48.6 Å². The van der Waals surface area contributed by atoms with Gasteiger partial charge in [-0.1, -0.05) is 58.4 Å². The van der Waals surface area contributed by atoms with E-state index >= 15 is 0 Å². The van der Waals surface area contributed by atoms with Crippen molar-refractivity contribution in [1.29, 1.82) is 0 Å². The van der Waals surface area contributed by atoms with E-state index in [1.807, 2.05) is 49.4 Å². The van der Waals surface area contributed by atoms with Gasteiger partial charge in [-0.05, 0) is 53.6 Å². The number of hydrogen-bond acceptors (Lipinski definition) is 5. The van der Waals surface area contributed by atoms with Gasteiger partial charge in [0.15, 0.2) is 0 Å². The zero-order valence-corrected chi connectivity index (χ0v) is 21.7. The molecular weight excluding hydrogens is 442 g/mol. The maximum absolute atomic E-state index is 13.2. The fraction of sp³-hybridized carbons (Fsp3) is 0.448. The molecule has 2 aromatic rings. The molecule has 1 amide bonds. The number of ketones is 1. The Morgan fingerprint density at radius 2 is 1.74 bits per heavy atom. The van der Waals surface area contributed by atoms with E-state index in [4.69, 9.17) is 9.47 Å². The van der Waals surface area contributed by atoms with E-state index in [0.29, 0.717) is 12.2 Å². The van der Waals surface area contributed by atoms with E-state index in [1.165, 1.54) is 4.90 Å². The second-order valence-electron chi connectivity index (χ2n) is 10.0. The molecule has 0 spiro atoms. The number of hydrogen-bond donors (Lipinski definition) is 1. The summed E-state index contributed by atoms with van der Waals surface area (Å²) in [4.78, 5) is 27.8. The van der Waals surface area contributed by atoms with Crippen molar-refractivity contribution in [2.24, 2.45) is 0 Å². The Labute approximate surface area is 208 Å². The highest BCUT2D eigenvalue weighted by Gasteiger charge is 2.46. The fourth-order valence-electron chi connectivity index (χ4n) is 4.22. The number of aryl methyl sites for hydroxylation is 1. The minimum absolute atomic E-state index is 0.0971. The molecule has 1 aliphatic heterocycles. The number of benzene rings is 2. The zero-order chi connectivity index (χ0) is 25.8. The first kappa shape index (κ1) is 26.5. The Kier molecular flexibility index (Phi) is 8.39. The number of carbonyl (C=O) groups excluding carboxylic acids is 2. The van der Waals surface area contributed by atoms with Crippen LogP contribution in [0.25, 0.3) is 5.76 Å². The van der Waals surface area contributed by atoms with Gasteiger partial charge in [-0.15, -0.1) is 0 Å². The van der Waals surface area contributed by atoms with Gasteiger partial charge in [0.2, 0.25) is 0 Å². The second-order valence-corrected chi connectivity index (χ2v) is 10.0. The summed E-state index contributed by atoms with van der Waals surface area (Å²) in [6.45, 7) is 11.4. The van der Waals surface area contributed by atoms with Crippen LogP contribution in [0.3, 0.4) is 0 Å². The summed E-state index contributed by atoms with van der Waals surface area (Å²) in [6.07, 6.45) is 2.01. The van der Waals surface area contributed by atoms with Gasteiger partial charge in [-0.25, -0.2) is 0 Å². The van der Waals surface area contributed by atoms with Crippen LogP contribution < -0.4 is 4.74 Å². The van der Waals surface area contributed by atoms with Crippen LogP contribution >= 0.6 is 0 Å². The number of amides is 1. The van der Waals surface area contributed by atoms with Crippen LogP contribution in [0.1, 0.15) is 68.8 Å². The Balaban J connectivity index is 2.11. The lowest BCUT2D eigenvalue weighted by molar-refractivity contribution is -0.140. The zero-order valence-electron chi connectivity index (χ0n) is 21.7. The number of carbonyl (C=O) groups is 2. The molecule has 0 bridgehead atoms. The fourth-order valence-corrected chi connectivity index (χ4v) is 4.22.